The largest absolute Gasteiger partial charge is 0.480 e. The molecule has 0 saturated heterocycles. The molecule has 5 heteroatoms. The predicted molar refractivity (Wildman–Crippen MR) is 41.2 cm³/mol. The van der Waals surface area contributed by atoms with Crippen molar-refractivity contribution in [3.8, 4) is 0 Å². The number of sulfone groups is 1. The maximum Gasteiger partial charge on any atom is 0.318 e. The monoisotopic (exact) mass is 180 g/mol. The molecule has 0 aromatic heterocycles. The molecule has 0 rings (SSSR count). The summed E-state index contributed by atoms with van der Waals surface area (Å²) in [5.74, 6) is -2.04. The molecular formula is C6H12O4S. The van der Waals surface area contributed by atoms with Crippen molar-refractivity contribution in [3.05, 3.63) is 0 Å². The molecule has 0 amide bonds. The summed E-state index contributed by atoms with van der Waals surface area (Å²) in [5.41, 5.74) is 0. The number of hydrogen-bond donors (Lipinski definition) is 1. The van der Waals surface area contributed by atoms with Crippen LogP contribution in [0.4, 0.5) is 0 Å². The topological polar surface area (TPSA) is 71.4 Å². The van der Waals surface area contributed by atoms with E-state index in [2.05, 4.69) is 0 Å². The van der Waals surface area contributed by atoms with E-state index in [9.17, 15) is 13.2 Å². The third-order valence-corrected chi connectivity index (χ3v) is 2.75. The zero-order valence-corrected chi connectivity index (χ0v) is 7.23. The fourth-order valence-corrected chi connectivity index (χ4v) is 1.87. The summed E-state index contributed by atoms with van der Waals surface area (Å²) < 4.78 is 21.6. The molecule has 0 aromatic rings. The van der Waals surface area contributed by atoms with Gasteiger partial charge in [0.15, 0.2) is 9.84 Å². The van der Waals surface area contributed by atoms with Gasteiger partial charge in [0.05, 0.1) is 5.75 Å². The van der Waals surface area contributed by atoms with Gasteiger partial charge in [-0.3, -0.25) is 4.79 Å². The molecule has 0 radical (unpaired) electrons. The second-order valence-corrected chi connectivity index (χ2v) is 4.52. The molecule has 4 nitrogen and oxygen atoms in total. The van der Waals surface area contributed by atoms with Gasteiger partial charge >= 0.3 is 5.97 Å². The van der Waals surface area contributed by atoms with Crippen LogP contribution in [0, 0.1) is 0 Å². The van der Waals surface area contributed by atoms with Gasteiger partial charge in [0.25, 0.3) is 0 Å². The smallest absolute Gasteiger partial charge is 0.318 e. The van der Waals surface area contributed by atoms with Gasteiger partial charge in [0.1, 0.15) is 5.75 Å². The van der Waals surface area contributed by atoms with Crippen LogP contribution in [-0.4, -0.2) is 31.0 Å². The molecule has 11 heavy (non-hydrogen) atoms. The molecule has 0 aliphatic carbocycles. The molecule has 0 fully saturated rings. The van der Waals surface area contributed by atoms with Crippen LogP contribution in [0.1, 0.15) is 19.8 Å². The van der Waals surface area contributed by atoms with E-state index < -0.39 is 21.6 Å². The Hall–Kier alpha value is -0.580. The highest BCUT2D eigenvalue weighted by molar-refractivity contribution is 7.92. The Bertz CT molecular complexity index is 217. The zero-order valence-electron chi connectivity index (χ0n) is 6.41. The number of carboxylic acids is 1. The standard InChI is InChI=1S/C6H12O4S/c1-2-3-4-11(9,10)5-6(7)8/h2-5H2,1H3,(H,7,8). The average Bonchev–Trinajstić information content (AvgIpc) is 1.81. The summed E-state index contributed by atoms with van der Waals surface area (Å²) >= 11 is 0. The lowest BCUT2D eigenvalue weighted by Gasteiger charge is -1.97. The van der Waals surface area contributed by atoms with Crippen LogP contribution >= 0.6 is 0 Å². The molecule has 0 heterocycles. The minimum Gasteiger partial charge on any atom is -0.480 e. The summed E-state index contributed by atoms with van der Waals surface area (Å²) in [6.07, 6.45) is 1.30. The van der Waals surface area contributed by atoms with Crippen LogP contribution in [0.25, 0.3) is 0 Å². The third kappa shape index (κ3) is 5.84. The highest BCUT2D eigenvalue weighted by atomic mass is 32.2. The summed E-state index contributed by atoms with van der Waals surface area (Å²) in [6.45, 7) is 1.86. The van der Waals surface area contributed by atoms with E-state index in [0.717, 1.165) is 6.42 Å². The van der Waals surface area contributed by atoms with Crippen molar-refractivity contribution < 1.29 is 18.3 Å². The lowest BCUT2D eigenvalue weighted by atomic mass is 10.4. The highest BCUT2D eigenvalue weighted by Crippen LogP contribution is 1.96. The maximum atomic E-state index is 10.8. The first-order chi connectivity index (χ1) is 4.98. The van der Waals surface area contributed by atoms with Gasteiger partial charge in [0, 0.05) is 0 Å². The van der Waals surface area contributed by atoms with Gasteiger partial charge in [0.2, 0.25) is 0 Å². The number of carbonyl (C=O) groups is 1. The van der Waals surface area contributed by atoms with Crippen molar-refractivity contribution in [2.75, 3.05) is 11.5 Å². The summed E-state index contributed by atoms with van der Waals surface area (Å²) in [6, 6.07) is 0. The minimum absolute atomic E-state index is 0.0181. The molecule has 0 atom stereocenters. The van der Waals surface area contributed by atoms with Gasteiger partial charge in [-0.25, -0.2) is 8.42 Å². The molecule has 0 bridgehead atoms. The van der Waals surface area contributed by atoms with Crippen LogP contribution < -0.4 is 0 Å². The van der Waals surface area contributed by atoms with Crippen molar-refractivity contribution in [1.82, 2.24) is 0 Å². The molecule has 0 aromatic carbocycles. The minimum atomic E-state index is -3.34. The highest BCUT2D eigenvalue weighted by Gasteiger charge is 2.14. The van der Waals surface area contributed by atoms with E-state index in [1.54, 1.807) is 0 Å². The Balaban J connectivity index is 3.92. The van der Waals surface area contributed by atoms with Gasteiger partial charge in [-0.15, -0.1) is 0 Å². The third-order valence-electron chi connectivity index (χ3n) is 1.15. The summed E-state index contributed by atoms with van der Waals surface area (Å²) in [4.78, 5) is 10.00. The fraction of sp³-hybridized carbons (Fsp3) is 0.833. The van der Waals surface area contributed by atoms with E-state index in [1.807, 2.05) is 6.92 Å². The van der Waals surface area contributed by atoms with Crippen LogP contribution in [-0.2, 0) is 14.6 Å². The van der Waals surface area contributed by atoms with Gasteiger partial charge in [-0.05, 0) is 6.42 Å². The Kier molecular flexibility index (Phi) is 4.10. The average molecular weight is 180 g/mol. The first-order valence-electron chi connectivity index (χ1n) is 3.40. The molecule has 0 spiro atoms. The summed E-state index contributed by atoms with van der Waals surface area (Å²) in [5, 5.41) is 8.17. The lowest BCUT2D eigenvalue weighted by Crippen LogP contribution is -2.18. The Morgan fingerprint density at radius 2 is 2.00 bits per heavy atom. The molecule has 1 N–H and O–H groups in total. The fourth-order valence-electron chi connectivity index (χ4n) is 0.625. The van der Waals surface area contributed by atoms with Crippen LogP contribution in [0.5, 0.6) is 0 Å². The molecule has 0 unspecified atom stereocenters. The van der Waals surface area contributed by atoms with Crippen molar-refractivity contribution in [3.63, 3.8) is 0 Å². The zero-order chi connectivity index (χ0) is 8.91. The summed E-state index contributed by atoms with van der Waals surface area (Å²) in [7, 11) is -3.34. The van der Waals surface area contributed by atoms with E-state index in [4.69, 9.17) is 5.11 Å². The number of aliphatic carboxylic acids is 1. The van der Waals surface area contributed by atoms with Crippen LogP contribution in [0.3, 0.4) is 0 Å². The van der Waals surface area contributed by atoms with Crippen molar-refractivity contribution in [2.24, 2.45) is 0 Å². The number of rotatable bonds is 5. The Labute approximate surface area is 66.1 Å². The first-order valence-corrected chi connectivity index (χ1v) is 5.22. The number of carboxylic acid groups (broad SMARTS) is 1. The van der Waals surface area contributed by atoms with E-state index in [-0.39, 0.29) is 5.75 Å². The normalized spacial score (nSPS) is 11.4. The molecule has 0 aliphatic rings. The second kappa shape index (κ2) is 4.33. The lowest BCUT2D eigenvalue weighted by molar-refractivity contribution is -0.134. The Morgan fingerprint density at radius 1 is 1.45 bits per heavy atom. The van der Waals surface area contributed by atoms with Gasteiger partial charge in [-0.2, -0.15) is 0 Å². The van der Waals surface area contributed by atoms with Crippen molar-refractivity contribution >= 4 is 15.8 Å². The van der Waals surface area contributed by atoms with Crippen LogP contribution in [0.2, 0.25) is 0 Å². The molecule has 0 aliphatic heterocycles. The molecule has 66 valence electrons. The van der Waals surface area contributed by atoms with Crippen molar-refractivity contribution in [2.45, 2.75) is 19.8 Å². The van der Waals surface area contributed by atoms with E-state index in [1.165, 1.54) is 0 Å². The SMILES string of the molecule is CCCCS(=O)(=O)CC(=O)O. The van der Waals surface area contributed by atoms with E-state index in [0.29, 0.717) is 6.42 Å². The van der Waals surface area contributed by atoms with Crippen LogP contribution in [0.15, 0.2) is 0 Å². The Morgan fingerprint density at radius 3 is 2.36 bits per heavy atom. The number of hydrogen-bond acceptors (Lipinski definition) is 3. The van der Waals surface area contributed by atoms with Gasteiger partial charge in [-0.1, -0.05) is 13.3 Å². The van der Waals surface area contributed by atoms with E-state index >= 15 is 0 Å². The predicted octanol–water partition coefficient (Wildman–Crippen LogP) is 0.286. The maximum absolute atomic E-state index is 10.8. The molecule has 0 saturated carbocycles. The second-order valence-electron chi connectivity index (χ2n) is 2.34. The molecular weight excluding hydrogens is 168 g/mol. The number of unbranched alkanes of at least 4 members (excludes halogenated alkanes) is 1. The quantitative estimate of drug-likeness (QED) is 0.660. The van der Waals surface area contributed by atoms with Crippen molar-refractivity contribution in [1.29, 1.82) is 0 Å². The van der Waals surface area contributed by atoms with Gasteiger partial charge < -0.3 is 5.11 Å². The first kappa shape index (κ1) is 10.4.